The quantitative estimate of drug-likeness (QED) is 0.815. The lowest BCUT2D eigenvalue weighted by Gasteiger charge is -2.27. The molecule has 1 aliphatic heterocycles. The van der Waals surface area contributed by atoms with Gasteiger partial charge in [0.05, 0.1) is 7.11 Å². The zero-order valence-electron chi connectivity index (χ0n) is 15.0. The zero-order chi connectivity index (χ0) is 18.2. The smallest absolute Gasteiger partial charge is 0.319 e. The monoisotopic (exact) mass is 371 g/mol. The van der Waals surface area contributed by atoms with Gasteiger partial charge in [0.2, 0.25) is 0 Å². The second-order valence-electron chi connectivity index (χ2n) is 6.20. The molecule has 0 unspecified atom stereocenters. The number of benzene rings is 2. The van der Waals surface area contributed by atoms with Crippen LogP contribution < -0.4 is 15.4 Å². The molecule has 2 amide bonds. The molecule has 2 aromatic rings. The van der Waals surface area contributed by atoms with E-state index in [-0.39, 0.29) is 6.03 Å². The first-order valence-electron chi connectivity index (χ1n) is 8.80. The molecule has 0 aromatic heterocycles. The minimum atomic E-state index is -0.192. The van der Waals surface area contributed by atoms with Gasteiger partial charge < -0.3 is 15.4 Å². The normalized spacial score (nSPS) is 14.7. The van der Waals surface area contributed by atoms with Gasteiger partial charge in [0.15, 0.2) is 0 Å². The van der Waals surface area contributed by atoms with Gasteiger partial charge in [-0.3, -0.25) is 4.90 Å². The maximum atomic E-state index is 12.3. The van der Waals surface area contributed by atoms with Gasteiger partial charge in [0.1, 0.15) is 5.75 Å². The highest BCUT2D eigenvalue weighted by molar-refractivity contribution is 7.99. The average molecular weight is 372 g/mol. The van der Waals surface area contributed by atoms with Crippen molar-refractivity contribution >= 4 is 23.5 Å². The van der Waals surface area contributed by atoms with Crippen LogP contribution in [0.25, 0.3) is 0 Å². The molecule has 0 saturated carbocycles. The summed E-state index contributed by atoms with van der Waals surface area (Å²) in [5, 5.41) is 5.89. The molecule has 1 aliphatic rings. The van der Waals surface area contributed by atoms with E-state index in [0.717, 1.165) is 42.2 Å². The van der Waals surface area contributed by atoms with Gasteiger partial charge in [0.25, 0.3) is 0 Å². The van der Waals surface area contributed by atoms with Crippen LogP contribution in [0, 0.1) is 0 Å². The highest BCUT2D eigenvalue weighted by Crippen LogP contribution is 2.19. The predicted molar refractivity (Wildman–Crippen MR) is 108 cm³/mol. The van der Waals surface area contributed by atoms with Crippen LogP contribution in [0.15, 0.2) is 48.5 Å². The molecule has 138 valence electrons. The first-order valence-corrected chi connectivity index (χ1v) is 9.96. The van der Waals surface area contributed by atoms with E-state index in [4.69, 9.17) is 4.74 Å². The van der Waals surface area contributed by atoms with Crippen LogP contribution >= 0.6 is 11.8 Å². The fourth-order valence-corrected chi connectivity index (χ4v) is 3.85. The Balaban J connectivity index is 1.54. The minimum Gasteiger partial charge on any atom is -0.497 e. The Morgan fingerprint density at radius 1 is 1.12 bits per heavy atom. The zero-order valence-corrected chi connectivity index (χ0v) is 15.8. The molecule has 1 saturated heterocycles. The first-order chi connectivity index (χ1) is 12.7. The summed E-state index contributed by atoms with van der Waals surface area (Å²) in [4.78, 5) is 14.7. The third kappa shape index (κ3) is 5.41. The largest absolute Gasteiger partial charge is 0.497 e. The number of thioether (sulfide) groups is 1. The number of methoxy groups -OCH3 is 1. The molecule has 6 heteroatoms. The highest BCUT2D eigenvalue weighted by atomic mass is 32.2. The van der Waals surface area contributed by atoms with E-state index in [1.807, 2.05) is 54.2 Å². The summed E-state index contributed by atoms with van der Waals surface area (Å²) in [6, 6.07) is 15.5. The SMILES string of the molecule is COc1ccc(CNC(=O)Nc2ccccc2CN2CCSCC2)cc1. The number of rotatable bonds is 6. The third-order valence-electron chi connectivity index (χ3n) is 4.38. The van der Waals surface area contributed by atoms with E-state index in [2.05, 4.69) is 21.6 Å². The minimum absolute atomic E-state index is 0.192. The Kier molecular flexibility index (Phi) is 6.80. The van der Waals surface area contributed by atoms with Crippen LogP contribution in [-0.2, 0) is 13.1 Å². The van der Waals surface area contributed by atoms with Crippen molar-refractivity contribution in [3.8, 4) is 5.75 Å². The number of urea groups is 1. The van der Waals surface area contributed by atoms with Gasteiger partial charge in [-0.2, -0.15) is 11.8 Å². The standard InChI is InChI=1S/C20H25N3O2S/c1-25-18-8-6-16(7-9-18)14-21-20(24)22-19-5-3-2-4-17(19)15-23-10-12-26-13-11-23/h2-9H,10-15H2,1H3,(H2,21,22,24). The summed E-state index contributed by atoms with van der Waals surface area (Å²) >= 11 is 2.00. The number of carbonyl (C=O) groups excluding carboxylic acids is 1. The second-order valence-corrected chi connectivity index (χ2v) is 7.43. The van der Waals surface area contributed by atoms with Gasteiger partial charge in [-0.15, -0.1) is 0 Å². The van der Waals surface area contributed by atoms with Crippen molar-refractivity contribution in [3.63, 3.8) is 0 Å². The predicted octanol–water partition coefficient (Wildman–Crippen LogP) is 3.57. The summed E-state index contributed by atoms with van der Waals surface area (Å²) < 4.78 is 5.14. The Hall–Kier alpha value is -2.18. The molecule has 0 bridgehead atoms. The van der Waals surface area contributed by atoms with E-state index >= 15 is 0 Å². The van der Waals surface area contributed by atoms with Crippen molar-refractivity contribution < 1.29 is 9.53 Å². The highest BCUT2D eigenvalue weighted by Gasteiger charge is 2.13. The number of nitrogens with zero attached hydrogens (tertiary/aromatic N) is 1. The molecule has 1 heterocycles. The topological polar surface area (TPSA) is 53.6 Å². The van der Waals surface area contributed by atoms with Crippen LogP contribution in [0.3, 0.4) is 0 Å². The van der Waals surface area contributed by atoms with Crippen molar-refractivity contribution in [2.24, 2.45) is 0 Å². The number of carbonyl (C=O) groups is 1. The van der Waals surface area contributed by atoms with Gasteiger partial charge in [0, 0.05) is 43.4 Å². The lowest BCUT2D eigenvalue weighted by molar-refractivity contribution is 0.251. The maximum absolute atomic E-state index is 12.3. The van der Waals surface area contributed by atoms with Crippen molar-refractivity contribution in [1.82, 2.24) is 10.2 Å². The number of hydrogen-bond donors (Lipinski definition) is 2. The molecule has 5 nitrogen and oxygen atoms in total. The van der Waals surface area contributed by atoms with Crippen molar-refractivity contribution in [2.75, 3.05) is 37.0 Å². The molecule has 0 radical (unpaired) electrons. The van der Waals surface area contributed by atoms with Gasteiger partial charge >= 0.3 is 6.03 Å². The molecule has 0 atom stereocenters. The number of ether oxygens (including phenoxy) is 1. The first kappa shape index (κ1) is 18.6. The summed E-state index contributed by atoms with van der Waals surface area (Å²) in [7, 11) is 1.64. The molecule has 3 rings (SSSR count). The van der Waals surface area contributed by atoms with Crippen LogP contribution in [-0.4, -0.2) is 42.6 Å². The van der Waals surface area contributed by atoms with Gasteiger partial charge in [-0.1, -0.05) is 30.3 Å². The van der Waals surface area contributed by atoms with Crippen LogP contribution in [0.5, 0.6) is 5.75 Å². The van der Waals surface area contributed by atoms with E-state index in [9.17, 15) is 4.79 Å². The number of hydrogen-bond acceptors (Lipinski definition) is 4. The summed E-state index contributed by atoms with van der Waals surface area (Å²) in [5.74, 6) is 3.17. The van der Waals surface area contributed by atoms with E-state index in [1.54, 1.807) is 7.11 Å². The second kappa shape index (κ2) is 9.50. The fraction of sp³-hybridized carbons (Fsp3) is 0.350. The number of para-hydroxylation sites is 1. The number of nitrogens with one attached hydrogen (secondary N) is 2. The summed E-state index contributed by atoms with van der Waals surface area (Å²) in [5.41, 5.74) is 3.05. The number of anilines is 1. The van der Waals surface area contributed by atoms with Crippen LogP contribution in [0.2, 0.25) is 0 Å². The average Bonchev–Trinajstić information content (AvgIpc) is 2.69. The summed E-state index contributed by atoms with van der Waals surface area (Å²) in [6.45, 7) is 3.54. The molecular weight excluding hydrogens is 346 g/mol. The Morgan fingerprint density at radius 2 is 1.85 bits per heavy atom. The van der Waals surface area contributed by atoms with E-state index in [0.29, 0.717) is 6.54 Å². The molecule has 1 fully saturated rings. The molecule has 26 heavy (non-hydrogen) atoms. The van der Waals surface area contributed by atoms with Gasteiger partial charge in [-0.05, 0) is 29.3 Å². The molecule has 2 aromatic carbocycles. The Bertz CT molecular complexity index is 715. The Labute approximate surface area is 159 Å². The van der Waals surface area contributed by atoms with E-state index < -0.39 is 0 Å². The number of amides is 2. The lowest BCUT2D eigenvalue weighted by atomic mass is 10.1. The molecule has 0 aliphatic carbocycles. The summed E-state index contributed by atoms with van der Waals surface area (Å²) in [6.07, 6.45) is 0. The fourth-order valence-electron chi connectivity index (χ4n) is 2.87. The van der Waals surface area contributed by atoms with E-state index in [1.165, 1.54) is 11.5 Å². The Morgan fingerprint density at radius 3 is 2.58 bits per heavy atom. The van der Waals surface area contributed by atoms with Crippen LogP contribution in [0.4, 0.5) is 10.5 Å². The molecule has 2 N–H and O–H groups in total. The van der Waals surface area contributed by atoms with Crippen molar-refractivity contribution in [2.45, 2.75) is 13.1 Å². The molecule has 0 spiro atoms. The molecular formula is C20H25N3O2S. The van der Waals surface area contributed by atoms with Crippen molar-refractivity contribution in [1.29, 1.82) is 0 Å². The maximum Gasteiger partial charge on any atom is 0.319 e. The van der Waals surface area contributed by atoms with Gasteiger partial charge in [-0.25, -0.2) is 4.79 Å². The van der Waals surface area contributed by atoms with Crippen LogP contribution in [0.1, 0.15) is 11.1 Å². The third-order valence-corrected chi connectivity index (χ3v) is 5.32. The van der Waals surface area contributed by atoms with Crippen molar-refractivity contribution in [3.05, 3.63) is 59.7 Å². The lowest BCUT2D eigenvalue weighted by Crippen LogP contribution is -2.33.